The van der Waals surface area contributed by atoms with E-state index in [2.05, 4.69) is 4.98 Å². The summed E-state index contributed by atoms with van der Waals surface area (Å²) >= 11 is 0. The molecule has 0 bridgehead atoms. The summed E-state index contributed by atoms with van der Waals surface area (Å²) in [6, 6.07) is 4.89. The molecule has 2 aromatic rings. The van der Waals surface area contributed by atoms with Crippen LogP contribution in [0.1, 0.15) is 17.3 Å². The lowest BCUT2D eigenvalue weighted by Crippen LogP contribution is -2.40. The largest absolute Gasteiger partial charge is 0.338 e. The lowest BCUT2D eigenvalue weighted by atomic mass is 10.1. The van der Waals surface area contributed by atoms with Crippen LogP contribution in [0.4, 0.5) is 5.69 Å². The Labute approximate surface area is 125 Å². The number of carbonyl (C=O) groups is 1. The number of likely N-dealkylation sites (N-methyl/N-ethyl adjacent to an activating group) is 1. The number of benzene rings is 1. The summed E-state index contributed by atoms with van der Waals surface area (Å²) in [5.74, 6) is -0.408. The number of hydrogen-bond donors (Lipinski definition) is 2. The van der Waals surface area contributed by atoms with E-state index in [-0.39, 0.29) is 23.8 Å². The molecule has 0 aliphatic rings. The highest BCUT2D eigenvalue weighted by Crippen LogP contribution is 2.22. The fourth-order valence-electron chi connectivity index (χ4n) is 2.08. The van der Waals surface area contributed by atoms with Crippen LogP contribution in [0.3, 0.4) is 0 Å². The Hall–Kier alpha value is -2.74. The number of pyridine rings is 1. The van der Waals surface area contributed by atoms with Crippen molar-refractivity contribution in [3.8, 4) is 0 Å². The molecule has 116 valence electrons. The van der Waals surface area contributed by atoms with Crippen molar-refractivity contribution >= 4 is 22.5 Å². The van der Waals surface area contributed by atoms with Crippen LogP contribution >= 0.6 is 0 Å². The molecule has 22 heavy (non-hydrogen) atoms. The predicted octanol–water partition coefficient (Wildman–Crippen LogP) is 0.856. The van der Waals surface area contributed by atoms with Gasteiger partial charge in [-0.25, -0.2) is 0 Å². The van der Waals surface area contributed by atoms with E-state index in [9.17, 15) is 19.7 Å². The number of non-ortho nitro benzene ring substituents is 1. The maximum Gasteiger partial charge on any atom is 0.270 e. The van der Waals surface area contributed by atoms with Crippen molar-refractivity contribution in [3.05, 3.63) is 50.3 Å². The molecule has 1 heterocycles. The van der Waals surface area contributed by atoms with E-state index >= 15 is 0 Å². The number of nitro groups is 1. The molecule has 1 unspecified atom stereocenters. The average Bonchev–Trinajstić information content (AvgIpc) is 2.51. The Balaban J connectivity index is 2.65. The first-order valence-corrected chi connectivity index (χ1v) is 6.64. The lowest BCUT2D eigenvalue weighted by molar-refractivity contribution is -0.384. The van der Waals surface area contributed by atoms with Crippen molar-refractivity contribution in [2.24, 2.45) is 5.73 Å². The van der Waals surface area contributed by atoms with Crippen molar-refractivity contribution in [3.63, 3.8) is 0 Å². The lowest BCUT2D eigenvalue weighted by Gasteiger charge is -2.24. The molecule has 1 amide bonds. The van der Waals surface area contributed by atoms with Crippen LogP contribution in [-0.4, -0.2) is 40.3 Å². The first-order valence-electron chi connectivity index (χ1n) is 6.64. The summed E-state index contributed by atoms with van der Waals surface area (Å²) < 4.78 is 0. The standard InChI is InChI=1S/C14H16N4O4/c1-8(7-15)17(2)14(20)11-6-13(19)16-12-4-3-9(18(21)22)5-10(11)12/h3-6,8H,7,15H2,1-2H3,(H,16,19). The molecule has 8 nitrogen and oxygen atoms in total. The highest BCUT2D eigenvalue weighted by Gasteiger charge is 2.20. The van der Waals surface area contributed by atoms with Crippen LogP contribution in [0, 0.1) is 10.1 Å². The van der Waals surface area contributed by atoms with Gasteiger partial charge in [-0.2, -0.15) is 0 Å². The highest BCUT2D eigenvalue weighted by atomic mass is 16.6. The Morgan fingerprint density at radius 1 is 1.45 bits per heavy atom. The van der Waals surface area contributed by atoms with Crippen LogP contribution in [0.25, 0.3) is 10.9 Å². The molecule has 1 atom stereocenters. The van der Waals surface area contributed by atoms with E-state index in [1.165, 1.54) is 23.1 Å². The maximum absolute atomic E-state index is 12.5. The van der Waals surface area contributed by atoms with Crippen molar-refractivity contribution in [1.82, 2.24) is 9.88 Å². The van der Waals surface area contributed by atoms with Crippen LogP contribution in [0.2, 0.25) is 0 Å². The van der Waals surface area contributed by atoms with E-state index < -0.39 is 16.4 Å². The zero-order valence-electron chi connectivity index (χ0n) is 12.2. The summed E-state index contributed by atoms with van der Waals surface area (Å²) in [6.45, 7) is 2.04. The molecule has 0 radical (unpaired) electrons. The molecule has 1 aromatic heterocycles. The Morgan fingerprint density at radius 3 is 2.73 bits per heavy atom. The second-order valence-electron chi connectivity index (χ2n) is 5.04. The van der Waals surface area contributed by atoms with Crippen molar-refractivity contribution in [2.75, 3.05) is 13.6 Å². The van der Waals surface area contributed by atoms with Gasteiger partial charge in [0, 0.05) is 48.7 Å². The Kier molecular flexibility index (Phi) is 4.22. The quantitative estimate of drug-likeness (QED) is 0.640. The van der Waals surface area contributed by atoms with Crippen molar-refractivity contribution in [1.29, 1.82) is 0 Å². The third-order valence-electron chi connectivity index (χ3n) is 3.59. The number of nitrogens with two attached hydrogens (primary N) is 1. The summed E-state index contributed by atoms with van der Waals surface area (Å²) in [5, 5.41) is 11.2. The molecule has 0 saturated heterocycles. The number of nitrogens with zero attached hydrogens (tertiary/aromatic N) is 2. The zero-order valence-corrected chi connectivity index (χ0v) is 12.2. The van der Waals surface area contributed by atoms with Gasteiger partial charge in [0.15, 0.2) is 0 Å². The molecule has 0 aliphatic carbocycles. The summed E-state index contributed by atoms with van der Waals surface area (Å²) in [6.07, 6.45) is 0. The van der Waals surface area contributed by atoms with Crippen molar-refractivity contribution < 1.29 is 9.72 Å². The number of nitrogens with one attached hydrogen (secondary N) is 1. The smallest absolute Gasteiger partial charge is 0.270 e. The van der Waals surface area contributed by atoms with E-state index in [0.29, 0.717) is 10.9 Å². The molecule has 2 rings (SSSR count). The second kappa shape index (κ2) is 5.94. The van der Waals surface area contributed by atoms with E-state index in [0.717, 1.165) is 6.07 Å². The Bertz CT molecular complexity index is 799. The third-order valence-corrected chi connectivity index (χ3v) is 3.59. The van der Waals surface area contributed by atoms with Gasteiger partial charge in [0.05, 0.1) is 10.5 Å². The summed E-state index contributed by atoms with van der Waals surface area (Å²) in [5.41, 5.74) is 5.43. The zero-order chi connectivity index (χ0) is 16.4. The number of hydrogen-bond acceptors (Lipinski definition) is 5. The van der Waals surface area contributed by atoms with Gasteiger partial charge in [0.1, 0.15) is 0 Å². The second-order valence-corrected chi connectivity index (χ2v) is 5.04. The van der Waals surface area contributed by atoms with Gasteiger partial charge >= 0.3 is 0 Å². The van der Waals surface area contributed by atoms with Gasteiger partial charge in [-0.15, -0.1) is 0 Å². The molecule has 1 aromatic carbocycles. The van der Waals surface area contributed by atoms with Gasteiger partial charge < -0.3 is 15.6 Å². The molecule has 8 heteroatoms. The topological polar surface area (TPSA) is 122 Å². The third kappa shape index (κ3) is 2.82. The number of carbonyl (C=O) groups excluding carboxylic acids is 1. The van der Waals surface area contributed by atoms with Crippen LogP contribution in [0.15, 0.2) is 29.1 Å². The normalized spacial score (nSPS) is 12.1. The number of nitro benzene ring substituents is 1. The van der Waals surface area contributed by atoms with Crippen LogP contribution in [-0.2, 0) is 0 Å². The monoisotopic (exact) mass is 304 g/mol. The fourth-order valence-corrected chi connectivity index (χ4v) is 2.08. The minimum Gasteiger partial charge on any atom is -0.338 e. The SMILES string of the molecule is CC(CN)N(C)C(=O)c1cc(=O)[nH]c2ccc([N+](=O)[O-])cc12. The Morgan fingerprint density at radius 2 is 2.14 bits per heavy atom. The number of H-pyrrole nitrogens is 1. The molecule has 3 N–H and O–H groups in total. The maximum atomic E-state index is 12.5. The van der Waals surface area contributed by atoms with Crippen molar-refractivity contribution in [2.45, 2.75) is 13.0 Å². The molecular formula is C14H16N4O4. The van der Waals surface area contributed by atoms with Crippen LogP contribution in [0.5, 0.6) is 0 Å². The molecule has 0 spiro atoms. The summed E-state index contributed by atoms with van der Waals surface area (Å²) in [4.78, 5) is 38.6. The number of amides is 1. The van der Waals surface area contributed by atoms with Crippen LogP contribution < -0.4 is 11.3 Å². The van der Waals surface area contributed by atoms with Gasteiger partial charge in [-0.05, 0) is 13.0 Å². The minimum atomic E-state index is -0.551. The molecule has 0 saturated carbocycles. The number of rotatable bonds is 4. The first-order chi connectivity index (χ1) is 10.3. The van der Waals surface area contributed by atoms with E-state index in [1.54, 1.807) is 14.0 Å². The molecular weight excluding hydrogens is 288 g/mol. The average molecular weight is 304 g/mol. The number of aromatic nitrogens is 1. The van der Waals surface area contributed by atoms with E-state index in [1.807, 2.05) is 0 Å². The predicted molar refractivity (Wildman–Crippen MR) is 81.8 cm³/mol. The van der Waals surface area contributed by atoms with Gasteiger partial charge in [0.25, 0.3) is 11.6 Å². The van der Waals surface area contributed by atoms with Gasteiger partial charge in [-0.1, -0.05) is 0 Å². The first kappa shape index (κ1) is 15.6. The summed E-state index contributed by atoms with van der Waals surface area (Å²) in [7, 11) is 1.57. The fraction of sp³-hybridized carbons (Fsp3) is 0.286. The number of aromatic amines is 1. The minimum absolute atomic E-state index is 0.116. The molecule has 0 aliphatic heterocycles. The number of fused-ring (bicyclic) bond motifs is 1. The highest BCUT2D eigenvalue weighted by molar-refractivity contribution is 6.06. The van der Waals surface area contributed by atoms with Gasteiger partial charge in [-0.3, -0.25) is 19.7 Å². The van der Waals surface area contributed by atoms with E-state index in [4.69, 9.17) is 5.73 Å². The molecule has 0 fully saturated rings. The van der Waals surface area contributed by atoms with Gasteiger partial charge in [0.2, 0.25) is 5.56 Å².